The molecule has 0 saturated heterocycles. The van der Waals surface area contributed by atoms with E-state index in [2.05, 4.69) is 15.7 Å². The summed E-state index contributed by atoms with van der Waals surface area (Å²) in [6.45, 7) is 1.52. The minimum atomic E-state index is -0.664. The van der Waals surface area contributed by atoms with Crippen LogP contribution in [0.2, 0.25) is 0 Å². The lowest BCUT2D eigenvalue weighted by molar-refractivity contribution is -0.138. The normalized spacial score (nSPS) is 15.2. The van der Waals surface area contributed by atoms with Gasteiger partial charge in [0.2, 0.25) is 0 Å². The molecule has 0 saturated carbocycles. The predicted octanol–water partition coefficient (Wildman–Crippen LogP) is 1.79. The molecule has 0 spiro atoms. The maximum Gasteiger partial charge on any atom is 0.359 e. The molecule has 0 atom stereocenters. The number of hydrogen-bond donors (Lipinski definition) is 2. The molecular formula is C21H21FN4O5. The molecule has 0 unspecified atom stereocenters. The third-order valence-corrected chi connectivity index (χ3v) is 5.12. The lowest BCUT2D eigenvalue weighted by Crippen LogP contribution is -2.45. The standard InChI is InChI=1S/C21H21FN4O5/c1-2-30-19(27)15-10-23-21(29)24-16(15)11-31-20(28)18-14-4-3-5-17(14)26(25-18)13-8-6-12(22)7-9-13/h6-9H,2-5,10-11H2,1H3,(H2,23,24,29). The smallest absolute Gasteiger partial charge is 0.359 e. The number of carbonyl (C=O) groups excluding carboxylic acids is 3. The molecule has 2 N–H and O–H groups in total. The molecule has 162 valence electrons. The molecule has 10 heteroatoms. The average molecular weight is 428 g/mol. The molecule has 31 heavy (non-hydrogen) atoms. The van der Waals surface area contributed by atoms with Crippen molar-refractivity contribution in [1.82, 2.24) is 20.4 Å². The van der Waals surface area contributed by atoms with Crippen molar-refractivity contribution in [1.29, 1.82) is 0 Å². The number of carbonyl (C=O) groups is 3. The third kappa shape index (κ3) is 4.14. The zero-order valence-electron chi connectivity index (χ0n) is 16.9. The summed E-state index contributed by atoms with van der Waals surface area (Å²) in [7, 11) is 0. The highest BCUT2D eigenvalue weighted by atomic mass is 19.1. The highest BCUT2D eigenvalue weighted by molar-refractivity contribution is 5.94. The molecule has 0 bridgehead atoms. The number of fused-ring (bicyclic) bond motifs is 1. The molecule has 0 fully saturated rings. The van der Waals surface area contributed by atoms with Crippen molar-refractivity contribution in [3.8, 4) is 5.69 Å². The van der Waals surface area contributed by atoms with Crippen LogP contribution in [-0.4, -0.2) is 47.5 Å². The van der Waals surface area contributed by atoms with Gasteiger partial charge in [0.15, 0.2) is 5.69 Å². The summed E-state index contributed by atoms with van der Waals surface area (Å²) >= 11 is 0. The van der Waals surface area contributed by atoms with Crippen molar-refractivity contribution in [3.63, 3.8) is 0 Å². The maximum absolute atomic E-state index is 13.3. The highest BCUT2D eigenvalue weighted by Crippen LogP contribution is 2.28. The van der Waals surface area contributed by atoms with E-state index in [1.54, 1.807) is 23.7 Å². The van der Waals surface area contributed by atoms with Crippen molar-refractivity contribution in [2.45, 2.75) is 26.2 Å². The van der Waals surface area contributed by atoms with Crippen LogP contribution in [0.15, 0.2) is 35.5 Å². The molecule has 2 heterocycles. The summed E-state index contributed by atoms with van der Waals surface area (Å²) in [5, 5.41) is 9.39. The first kappa shape index (κ1) is 20.6. The van der Waals surface area contributed by atoms with Crippen LogP contribution in [0.5, 0.6) is 0 Å². The number of aromatic nitrogens is 2. The fourth-order valence-electron chi connectivity index (χ4n) is 3.67. The zero-order chi connectivity index (χ0) is 22.0. The Morgan fingerprint density at radius 1 is 1.16 bits per heavy atom. The van der Waals surface area contributed by atoms with Gasteiger partial charge in [-0.3, -0.25) is 0 Å². The van der Waals surface area contributed by atoms with Gasteiger partial charge >= 0.3 is 18.0 Å². The van der Waals surface area contributed by atoms with Crippen molar-refractivity contribution in [2.75, 3.05) is 19.8 Å². The van der Waals surface area contributed by atoms with Gasteiger partial charge in [-0.2, -0.15) is 5.10 Å². The fourth-order valence-corrected chi connectivity index (χ4v) is 3.67. The van der Waals surface area contributed by atoms with Crippen LogP contribution in [0.25, 0.3) is 5.69 Å². The van der Waals surface area contributed by atoms with Gasteiger partial charge in [-0.05, 0) is 50.5 Å². The number of rotatable bonds is 6. The van der Waals surface area contributed by atoms with Crippen molar-refractivity contribution < 1.29 is 28.2 Å². The van der Waals surface area contributed by atoms with Crippen LogP contribution in [0.4, 0.5) is 9.18 Å². The molecule has 4 rings (SSSR count). The number of nitrogens with one attached hydrogen (secondary N) is 2. The van der Waals surface area contributed by atoms with Gasteiger partial charge in [0.1, 0.15) is 12.4 Å². The van der Waals surface area contributed by atoms with E-state index in [9.17, 15) is 18.8 Å². The van der Waals surface area contributed by atoms with E-state index in [1.807, 2.05) is 0 Å². The number of nitrogens with zero attached hydrogens (tertiary/aromatic N) is 2. The van der Waals surface area contributed by atoms with Crippen LogP contribution in [0.3, 0.4) is 0 Å². The van der Waals surface area contributed by atoms with Crippen LogP contribution in [0, 0.1) is 5.82 Å². The molecule has 2 aliphatic rings. The monoisotopic (exact) mass is 428 g/mol. The lowest BCUT2D eigenvalue weighted by Gasteiger charge is -2.21. The first-order chi connectivity index (χ1) is 15.0. The average Bonchev–Trinajstić information content (AvgIpc) is 3.36. The summed E-state index contributed by atoms with van der Waals surface area (Å²) in [5.41, 5.74) is 2.87. The SMILES string of the molecule is CCOC(=O)C1=C(COC(=O)c2nn(-c3ccc(F)cc3)c3c2CCC3)NC(=O)NC1. The Morgan fingerprint density at radius 2 is 1.94 bits per heavy atom. The summed E-state index contributed by atoms with van der Waals surface area (Å²) in [4.78, 5) is 36.6. The molecule has 2 amide bonds. The topological polar surface area (TPSA) is 112 Å². The van der Waals surface area contributed by atoms with E-state index >= 15 is 0 Å². The Hall–Kier alpha value is -3.69. The van der Waals surface area contributed by atoms with Gasteiger partial charge in [-0.1, -0.05) is 0 Å². The molecule has 1 aliphatic heterocycles. The van der Waals surface area contributed by atoms with Crippen LogP contribution < -0.4 is 10.6 Å². The molecular weight excluding hydrogens is 407 g/mol. The van der Waals surface area contributed by atoms with Gasteiger partial charge in [0, 0.05) is 11.3 Å². The Balaban J connectivity index is 1.56. The number of halogens is 1. The lowest BCUT2D eigenvalue weighted by atomic mass is 10.1. The van der Waals surface area contributed by atoms with Crippen molar-refractivity contribution in [2.24, 2.45) is 0 Å². The largest absolute Gasteiger partial charge is 0.463 e. The molecule has 0 radical (unpaired) electrons. The van der Waals surface area contributed by atoms with E-state index in [0.717, 1.165) is 24.1 Å². The molecule has 1 aliphatic carbocycles. The van der Waals surface area contributed by atoms with Crippen LogP contribution in [-0.2, 0) is 27.1 Å². The molecule has 2 aromatic rings. The second-order valence-corrected chi connectivity index (χ2v) is 7.08. The van der Waals surface area contributed by atoms with Gasteiger partial charge < -0.3 is 20.1 Å². The predicted molar refractivity (Wildman–Crippen MR) is 106 cm³/mol. The van der Waals surface area contributed by atoms with Gasteiger partial charge in [0.25, 0.3) is 0 Å². The molecule has 9 nitrogen and oxygen atoms in total. The van der Waals surface area contributed by atoms with Crippen LogP contribution in [0.1, 0.15) is 35.1 Å². The van der Waals surface area contributed by atoms with E-state index in [1.165, 1.54) is 12.1 Å². The van der Waals surface area contributed by atoms with E-state index in [-0.39, 0.29) is 42.5 Å². The van der Waals surface area contributed by atoms with Gasteiger partial charge in [-0.25, -0.2) is 23.5 Å². The maximum atomic E-state index is 13.3. The second-order valence-electron chi connectivity index (χ2n) is 7.08. The number of amides is 2. The number of benzene rings is 1. The fraction of sp³-hybridized carbons (Fsp3) is 0.333. The first-order valence-corrected chi connectivity index (χ1v) is 9.95. The van der Waals surface area contributed by atoms with Crippen LogP contribution >= 0.6 is 0 Å². The zero-order valence-corrected chi connectivity index (χ0v) is 16.9. The highest BCUT2D eigenvalue weighted by Gasteiger charge is 2.29. The second kappa shape index (κ2) is 8.58. The number of urea groups is 1. The minimum absolute atomic E-state index is 0.0217. The van der Waals surface area contributed by atoms with Gasteiger partial charge in [0.05, 0.1) is 30.1 Å². The van der Waals surface area contributed by atoms with E-state index in [0.29, 0.717) is 12.1 Å². The van der Waals surface area contributed by atoms with Gasteiger partial charge in [-0.15, -0.1) is 0 Å². The summed E-state index contributed by atoms with van der Waals surface area (Å²) < 4.78 is 25.3. The Labute approximate surface area is 177 Å². The van der Waals surface area contributed by atoms with Crippen molar-refractivity contribution >= 4 is 18.0 Å². The van der Waals surface area contributed by atoms with Crippen molar-refractivity contribution in [3.05, 3.63) is 58.3 Å². The third-order valence-electron chi connectivity index (χ3n) is 5.12. The quantitative estimate of drug-likeness (QED) is 0.679. The molecule has 1 aromatic heterocycles. The number of hydrogen-bond acceptors (Lipinski definition) is 6. The Morgan fingerprint density at radius 3 is 2.68 bits per heavy atom. The first-order valence-electron chi connectivity index (χ1n) is 9.95. The Kier molecular flexibility index (Phi) is 5.70. The number of ether oxygens (including phenoxy) is 2. The summed E-state index contributed by atoms with van der Waals surface area (Å²) in [6, 6.07) is 5.35. The molecule has 1 aromatic carbocycles. The van der Waals surface area contributed by atoms with E-state index < -0.39 is 18.0 Å². The summed E-state index contributed by atoms with van der Waals surface area (Å²) in [6.07, 6.45) is 2.29. The summed E-state index contributed by atoms with van der Waals surface area (Å²) in [5.74, 6) is -1.62. The van der Waals surface area contributed by atoms with E-state index in [4.69, 9.17) is 9.47 Å². The number of esters is 2. The Bertz CT molecular complexity index is 1070. The minimum Gasteiger partial charge on any atom is -0.463 e.